The molecule has 0 spiro atoms. The fraction of sp³-hybridized carbons (Fsp3) is 0.120. The Labute approximate surface area is 199 Å². The van der Waals surface area contributed by atoms with E-state index >= 15 is 0 Å². The Morgan fingerprint density at radius 3 is 2.55 bits per heavy atom. The van der Waals surface area contributed by atoms with Crippen LogP contribution in [0.4, 0.5) is 0 Å². The van der Waals surface area contributed by atoms with E-state index in [-0.39, 0.29) is 18.8 Å². The van der Waals surface area contributed by atoms with Crippen molar-refractivity contribution in [2.75, 3.05) is 7.11 Å². The smallest absolute Gasteiger partial charge is 0.342 e. The molecule has 0 bridgehead atoms. The quantitative estimate of drug-likeness (QED) is 0.235. The van der Waals surface area contributed by atoms with Crippen LogP contribution in [0, 0.1) is 0 Å². The van der Waals surface area contributed by atoms with Gasteiger partial charge in [-0.05, 0) is 36.4 Å². The van der Waals surface area contributed by atoms with Gasteiger partial charge in [0.2, 0.25) is 0 Å². The molecule has 0 saturated carbocycles. The summed E-state index contributed by atoms with van der Waals surface area (Å²) in [5.41, 5.74) is 1.28. The molecule has 4 aromatic rings. The molecule has 0 atom stereocenters. The maximum Gasteiger partial charge on any atom is 0.342 e. The molecule has 0 amide bonds. The van der Waals surface area contributed by atoms with Gasteiger partial charge in [-0.1, -0.05) is 41.4 Å². The van der Waals surface area contributed by atoms with Crippen molar-refractivity contribution in [1.29, 1.82) is 0 Å². The SMILES string of the molecule is COc1ccc2c(COC(=O)c3ccccc3OCc3ccc(Cl)cc3Cl)cc(=O)oc2c1. The second-order valence-electron chi connectivity index (χ2n) is 7.05. The van der Waals surface area contributed by atoms with Crippen LogP contribution in [-0.2, 0) is 18.0 Å². The van der Waals surface area contributed by atoms with Crippen molar-refractivity contribution in [2.24, 2.45) is 0 Å². The number of halogens is 2. The second-order valence-corrected chi connectivity index (χ2v) is 7.89. The fourth-order valence-corrected chi connectivity index (χ4v) is 3.70. The van der Waals surface area contributed by atoms with Gasteiger partial charge in [0.25, 0.3) is 0 Å². The van der Waals surface area contributed by atoms with E-state index in [9.17, 15) is 9.59 Å². The highest BCUT2D eigenvalue weighted by Gasteiger charge is 2.16. The average molecular weight is 485 g/mol. The molecule has 0 aliphatic rings. The van der Waals surface area contributed by atoms with Gasteiger partial charge < -0.3 is 18.6 Å². The summed E-state index contributed by atoms with van der Waals surface area (Å²) in [5.74, 6) is 0.296. The number of hydrogen-bond donors (Lipinski definition) is 0. The molecule has 0 unspecified atom stereocenters. The van der Waals surface area contributed by atoms with E-state index in [1.807, 2.05) is 0 Å². The highest BCUT2D eigenvalue weighted by Crippen LogP contribution is 2.26. The Morgan fingerprint density at radius 2 is 1.76 bits per heavy atom. The van der Waals surface area contributed by atoms with Gasteiger partial charge in [-0.15, -0.1) is 0 Å². The van der Waals surface area contributed by atoms with Crippen molar-refractivity contribution in [2.45, 2.75) is 13.2 Å². The molecule has 3 aromatic carbocycles. The van der Waals surface area contributed by atoms with E-state index in [1.54, 1.807) is 60.7 Å². The van der Waals surface area contributed by atoms with Gasteiger partial charge in [-0.2, -0.15) is 0 Å². The zero-order valence-corrected chi connectivity index (χ0v) is 19.0. The highest BCUT2D eigenvalue weighted by atomic mass is 35.5. The number of methoxy groups -OCH3 is 1. The van der Waals surface area contributed by atoms with E-state index in [2.05, 4.69) is 0 Å². The Bertz CT molecular complexity index is 1380. The first-order valence-electron chi connectivity index (χ1n) is 9.88. The van der Waals surface area contributed by atoms with Crippen LogP contribution in [0.5, 0.6) is 11.5 Å². The third-order valence-corrected chi connectivity index (χ3v) is 5.49. The summed E-state index contributed by atoms with van der Waals surface area (Å²) < 4.78 is 21.7. The molecule has 4 rings (SSSR count). The number of carbonyl (C=O) groups is 1. The Hall–Kier alpha value is -3.48. The Morgan fingerprint density at radius 1 is 0.939 bits per heavy atom. The van der Waals surface area contributed by atoms with Crippen molar-refractivity contribution in [3.05, 3.63) is 104 Å². The largest absolute Gasteiger partial charge is 0.497 e. The number of fused-ring (bicyclic) bond motifs is 1. The molecule has 0 saturated heterocycles. The maximum atomic E-state index is 12.8. The summed E-state index contributed by atoms with van der Waals surface area (Å²) in [5, 5.41) is 1.63. The molecule has 33 heavy (non-hydrogen) atoms. The van der Waals surface area contributed by atoms with Crippen LogP contribution in [0.1, 0.15) is 21.5 Å². The number of benzene rings is 3. The molecular weight excluding hydrogens is 467 g/mol. The predicted octanol–water partition coefficient (Wildman–Crippen LogP) is 6.04. The minimum absolute atomic E-state index is 0.120. The summed E-state index contributed by atoms with van der Waals surface area (Å²) in [4.78, 5) is 24.8. The molecule has 0 radical (unpaired) electrons. The third-order valence-electron chi connectivity index (χ3n) is 4.90. The van der Waals surface area contributed by atoms with Crippen LogP contribution < -0.4 is 15.1 Å². The zero-order valence-electron chi connectivity index (χ0n) is 17.5. The highest BCUT2D eigenvalue weighted by molar-refractivity contribution is 6.35. The van der Waals surface area contributed by atoms with Crippen LogP contribution in [0.2, 0.25) is 10.0 Å². The summed E-state index contributed by atoms with van der Waals surface area (Å²) in [6.45, 7) is 0.0249. The zero-order chi connectivity index (χ0) is 23.4. The first-order valence-corrected chi connectivity index (χ1v) is 10.6. The van der Waals surface area contributed by atoms with Gasteiger partial charge in [-0.25, -0.2) is 9.59 Å². The van der Waals surface area contributed by atoms with E-state index in [4.69, 9.17) is 41.8 Å². The summed E-state index contributed by atoms with van der Waals surface area (Å²) >= 11 is 12.1. The number of hydrogen-bond acceptors (Lipinski definition) is 6. The van der Waals surface area contributed by atoms with E-state index in [0.29, 0.717) is 38.1 Å². The second kappa shape index (κ2) is 9.98. The molecule has 0 aliphatic carbocycles. The van der Waals surface area contributed by atoms with Gasteiger partial charge in [0.1, 0.15) is 35.9 Å². The Kier molecular flexibility index (Phi) is 6.87. The lowest BCUT2D eigenvalue weighted by molar-refractivity contribution is 0.0468. The van der Waals surface area contributed by atoms with E-state index in [0.717, 1.165) is 5.56 Å². The third kappa shape index (κ3) is 5.30. The normalized spacial score (nSPS) is 10.8. The topological polar surface area (TPSA) is 75.0 Å². The van der Waals surface area contributed by atoms with Crippen LogP contribution in [-0.4, -0.2) is 13.1 Å². The fourth-order valence-electron chi connectivity index (χ4n) is 3.23. The summed E-state index contributed by atoms with van der Waals surface area (Å²) in [6, 6.07) is 18.2. The minimum Gasteiger partial charge on any atom is -0.497 e. The standard InChI is InChI=1S/C25H18Cl2O6/c1-30-18-8-9-19-16(10-24(28)33-23(19)12-18)14-32-25(29)20-4-2-3-5-22(20)31-13-15-6-7-17(26)11-21(15)27/h2-12H,13-14H2,1H3. The van der Waals surface area contributed by atoms with Crippen molar-refractivity contribution < 1.29 is 23.4 Å². The number of para-hydroxylation sites is 1. The lowest BCUT2D eigenvalue weighted by Crippen LogP contribution is -2.10. The molecule has 0 fully saturated rings. The van der Waals surface area contributed by atoms with Gasteiger partial charge in [0.05, 0.1) is 7.11 Å². The molecule has 6 nitrogen and oxygen atoms in total. The van der Waals surface area contributed by atoms with Crippen molar-refractivity contribution in [3.63, 3.8) is 0 Å². The molecular formula is C25H18Cl2O6. The monoisotopic (exact) mass is 484 g/mol. The Balaban J connectivity index is 1.51. The van der Waals surface area contributed by atoms with Gasteiger partial charge in [0.15, 0.2) is 0 Å². The summed E-state index contributed by atoms with van der Waals surface area (Å²) in [7, 11) is 1.52. The number of esters is 1. The molecule has 1 heterocycles. The first kappa shape index (κ1) is 22.7. The average Bonchev–Trinajstić information content (AvgIpc) is 2.81. The molecule has 0 N–H and O–H groups in total. The van der Waals surface area contributed by atoms with Gasteiger partial charge in [0, 0.05) is 38.7 Å². The number of ether oxygens (including phenoxy) is 3. The number of carbonyl (C=O) groups excluding carboxylic acids is 1. The maximum absolute atomic E-state index is 12.8. The van der Waals surface area contributed by atoms with E-state index < -0.39 is 11.6 Å². The molecule has 1 aromatic heterocycles. The van der Waals surface area contributed by atoms with Gasteiger partial charge in [-0.3, -0.25) is 0 Å². The van der Waals surface area contributed by atoms with Crippen LogP contribution in [0.15, 0.2) is 75.9 Å². The van der Waals surface area contributed by atoms with Crippen LogP contribution in [0.3, 0.4) is 0 Å². The molecule has 0 aliphatic heterocycles. The minimum atomic E-state index is -0.595. The molecule has 8 heteroatoms. The van der Waals surface area contributed by atoms with E-state index in [1.165, 1.54) is 13.2 Å². The summed E-state index contributed by atoms with van der Waals surface area (Å²) in [6.07, 6.45) is 0. The van der Waals surface area contributed by atoms with Crippen molar-refractivity contribution in [1.82, 2.24) is 0 Å². The van der Waals surface area contributed by atoms with Crippen LogP contribution >= 0.6 is 23.2 Å². The van der Waals surface area contributed by atoms with Crippen molar-refractivity contribution in [3.8, 4) is 11.5 Å². The first-order chi connectivity index (χ1) is 15.9. The number of rotatable bonds is 7. The predicted molar refractivity (Wildman–Crippen MR) is 125 cm³/mol. The van der Waals surface area contributed by atoms with Gasteiger partial charge >= 0.3 is 11.6 Å². The molecule has 168 valence electrons. The lowest BCUT2D eigenvalue weighted by atomic mass is 10.1. The van der Waals surface area contributed by atoms with Crippen molar-refractivity contribution >= 4 is 40.1 Å². The van der Waals surface area contributed by atoms with Crippen LogP contribution in [0.25, 0.3) is 11.0 Å². The lowest BCUT2D eigenvalue weighted by Gasteiger charge is -2.13.